The summed E-state index contributed by atoms with van der Waals surface area (Å²) in [6.07, 6.45) is 1.35. The van der Waals surface area contributed by atoms with E-state index in [-0.39, 0.29) is 18.5 Å². The first-order valence-electron chi connectivity index (χ1n) is 9.72. The number of carbonyl (C=O) groups is 2. The van der Waals surface area contributed by atoms with Gasteiger partial charge in [0.1, 0.15) is 0 Å². The molecule has 0 unspecified atom stereocenters. The zero-order chi connectivity index (χ0) is 23.3. The first kappa shape index (κ1) is 21.0. The fraction of sp³-hybridized carbons (Fsp3) is 0.400. The summed E-state index contributed by atoms with van der Waals surface area (Å²) >= 11 is 13.7. The van der Waals surface area contributed by atoms with Gasteiger partial charge >= 0.3 is 11.4 Å². The Morgan fingerprint density at radius 3 is 2.47 bits per heavy atom. The summed E-state index contributed by atoms with van der Waals surface area (Å²) in [7, 11) is 2.56. The largest absolute Gasteiger partial charge is 0.505 e. The highest BCUT2D eigenvalue weighted by atomic mass is 35.5. The molecule has 9 nitrogen and oxygen atoms in total. The van der Waals surface area contributed by atoms with Gasteiger partial charge < -0.3 is 5.11 Å². The molecule has 2 amide bonds. The molecular formula is C20H17Cl2FN4O5. The maximum atomic E-state index is 14.3. The molecule has 3 heterocycles. The molecule has 4 atom stereocenters. The number of hydrogen-bond acceptors (Lipinski definition) is 5. The number of amides is 2. The number of halogens is 3. The van der Waals surface area contributed by atoms with Gasteiger partial charge in [-0.05, 0) is 11.6 Å². The smallest absolute Gasteiger partial charge is 0.347 e. The molecular weight excluding hydrogens is 466 g/mol. The van der Waals surface area contributed by atoms with E-state index < -0.39 is 56.5 Å². The number of imide groups is 1. The van der Waals surface area contributed by atoms with Crippen molar-refractivity contribution in [1.82, 2.24) is 18.8 Å². The Morgan fingerprint density at radius 2 is 1.78 bits per heavy atom. The maximum Gasteiger partial charge on any atom is 0.347 e. The van der Waals surface area contributed by atoms with E-state index in [2.05, 4.69) is 0 Å². The lowest BCUT2D eigenvalue weighted by molar-refractivity contribution is -0.137. The molecule has 1 aromatic heterocycles. The third kappa shape index (κ3) is 2.19. The fourth-order valence-electron chi connectivity index (χ4n) is 5.23. The SMILES string of the molecule is CN1C(=O)[C@]2(Cl)C[C@@H]3C(=CCn4c(=O)n(C)c(=O)n43)[C@H](c3cccc(F)c3O)[C@]2(Cl)C1=O. The molecule has 1 saturated carbocycles. The second-order valence-corrected chi connectivity index (χ2v) is 9.51. The van der Waals surface area contributed by atoms with Crippen molar-refractivity contribution in [2.24, 2.45) is 7.05 Å². The minimum atomic E-state index is -2.09. The molecule has 0 spiro atoms. The van der Waals surface area contributed by atoms with Gasteiger partial charge in [-0.2, -0.15) is 0 Å². The molecule has 3 aliphatic rings. The molecule has 1 aromatic carbocycles. The van der Waals surface area contributed by atoms with E-state index in [4.69, 9.17) is 23.2 Å². The van der Waals surface area contributed by atoms with Gasteiger partial charge in [0.15, 0.2) is 21.3 Å². The first-order chi connectivity index (χ1) is 15.0. The van der Waals surface area contributed by atoms with Crippen molar-refractivity contribution < 1.29 is 19.1 Å². The van der Waals surface area contributed by atoms with Crippen LogP contribution in [-0.2, 0) is 23.2 Å². The van der Waals surface area contributed by atoms with Crippen molar-refractivity contribution in [2.75, 3.05) is 7.05 Å². The van der Waals surface area contributed by atoms with Gasteiger partial charge in [-0.1, -0.05) is 18.2 Å². The second-order valence-electron chi connectivity index (χ2n) is 8.27. The average Bonchev–Trinajstić information content (AvgIpc) is 3.06. The monoisotopic (exact) mass is 482 g/mol. The maximum absolute atomic E-state index is 14.3. The number of allylic oxidation sites excluding steroid dienone is 2. The quantitative estimate of drug-likeness (QED) is 0.367. The van der Waals surface area contributed by atoms with Crippen LogP contribution in [0.1, 0.15) is 23.9 Å². The summed E-state index contributed by atoms with van der Waals surface area (Å²) in [6, 6.07) is 2.84. The Bertz CT molecular complexity index is 1380. The molecule has 5 rings (SSSR count). The molecule has 2 aromatic rings. The van der Waals surface area contributed by atoms with Gasteiger partial charge in [0.25, 0.3) is 11.8 Å². The second kappa shape index (κ2) is 6.35. The van der Waals surface area contributed by atoms with Crippen molar-refractivity contribution in [1.29, 1.82) is 0 Å². The van der Waals surface area contributed by atoms with E-state index in [1.165, 1.54) is 35.6 Å². The molecule has 0 radical (unpaired) electrons. The van der Waals surface area contributed by atoms with E-state index in [1.807, 2.05) is 0 Å². The number of para-hydroxylation sites is 1. The highest BCUT2D eigenvalue weighted by molar-refractivity contribution is 6.53. The lowest BCUT2D eigenvalue weighted by Crippen LogP contribution is -2.59. The molecule has 2 fully saturated rings. The number of hydrogen-bond donors (Lipinski definition) is 1. The zero-order valence-corrected chi connectivity index (χ0v) is 18.4. The van der Waals surface area contributed by atoms with Crippen LogP contribution < -0.4 is 11.4 Å². The van der Waals surface area contributed by atoms with Crippen LogP contribution in [0.5, 0.6) is 5.75 Å². The third-order valence-corrected chi connectivity index (χ3v) is 8.21. The summed E-state index contributed by atoms with van der Waals surface area (Å²) in [5.74, 6) is -4.50. The minimum absolute atomic E-state index is 0.0203. The van der Waals surface area contributed by atoms with E-state index >= 15 is 0 Å². The molecule has 12 heteroatoms. The number of alkyl halides is 2. The fourth-order valence-corrected chi connectivity index (χ4v) is 6.22. The normalized spacial score (nSPS) is 31.3. The van der Waals surface area contributed by atoms with Gasteiger partial charge in [-0.15, -0.1) is 23.2 Å². The molecule has 1 N–H and O–H groups in total. The lowest BCUT2D eigenvalue weighted by Gasteiger charge is -2.49. The van der Waals surface area contributed by atoms with Crippen LogP contribution in [0.15, 0.2) is 39.4 Å². The van der Waals surface area contributed by atoms with Crippen molar-refractivity contribution in [2.45, 2.75) is 34.7 Å². The Kier molecular flexibility index (Phi) is 4.17. The van der Waals surface area contributed by atoms with E-state index in [9.17, 15) is 28.7 Å². The van der Waals surface area contributed by atoms with Gasteiger partial charge in [-0.25, -0.2) is 27.9 Å². The van der Waals surface area contributed by atoms with Gasteiger partial charge in [0.05, 0.1) is 12.6 Å². The highest BCUT2D eigenvalue weighted by Gasteiger charge is 2.75. The Hall–Kier alpha value is -2.85. The van der Waals surface area contributed by atoms with Crippen LogP contribution >= 0.6 is 23.2 Å². The topological polar surface area (TPSA) is 107 Å². The number of benzene rings is 1. The first-order valence-corrected chi connectivity index (χ1v) is 10.5. The zero-order valence-electron chi connectivity index (χ0n) is 16.9. The lowest BCUT2D eigenvalue weighted by atomic mass is 9.64. The van der Waals surface area contributed by atoms with Crippen LogP contribution in [0.25, 0.3) is 0 Å². The number of carbonyl (C=O) groups excluding carboxylic acids is 2. The summed E-state index contributed by atoms with van der Waals surface area (Å²) in [6.45, 7) is -0.0203. The summed E-state index contributed by atoms with van der Waals surface area (Å²) in [5, 5.41) is 10.5. The summed E-state index contributed by atoms with van der Waals surface area (Å²) in [4.78, 5) is 48.5. The molecule has 32 heavy (non-hydrogen) atoms. The standard InChI is InChI=1S/C20H17Cl2FN4O5/c1-24-15(29)19(21)8-12-9(6-7-26-17(31)25(2)18(32)27(12)26)13(20(19,22)16(24)30)10-4-3-5-11(23)14(10)28/h3-6,12-13,28H,7-8H2,1-2H3/t12-,13-,19-,20+/m1/s1. The van der Waals surface area contributed by atoms with E-state index in [1.54, 1.807) is 6.08 Å². The predicted octanol–water partition coefficient (Wildman–Crippen LogP) is 0.816. The summed E-state index contributed by atoms with van der Waals surface area (Å²) < 4.78 is 17.6. The van der Waals surface area contributed by atoms with Crippen LogP contribution in [-0.4, -0.2) is 52.5 Å². The number of fused-ring (bicyclic) bond motifs is 4. The minimum Gasteiger partial charge on any atom is -0.505 e. The molecule has 0 bridgehead atoms. The van der Waals surface area contributed by atoms with Crippen LogP contribution in [0.4, 0.5) is 4.39 Å². The number of rotatable bonds is 1. The van der Waals surface area contributed by atoms with E-state index in [0.29, 0.717) is 5.57 Å². The van der Waals surface area contributed by atoms with Crippen LogP contribution in [0.3, 0.4) is 0 Å². The average molecular weight is 483 g/mol. The van der Waals surface area contributed by atoms with Crippen molar-refractivity contribution in [3.63, 3.8) is 0 Å². The Balaban J connectivity index is 1.85. The van der Waals surface area contributed by atoms with Gasteiger partial charge in [0, 0.05) is 32.0 Å². The highest BCUT2D eigenvalue weighted by Crippen LogP contribution is 2.64. The molecule has 168 valence electrons. The third-order valence-electron chi connectivity index (χ3n) is 6.80. The van der Waals surface area contributed by atoms with Crippen molar-refractivity contribution in [3.8, 4) is 5.75 Å². The van der Waals surface area contributed by atoms with Crippen LogP contribution in [0.2, 0.25) is 0 Å². The predicted molar refractivity (Wildman–Crippen MR) is 111 cm³/mol. The van der Waals surface area contributed by atoms with Gasteiger partial charge in [-0.3, -0.25) is 14.5 Å². The molecule has 1 aliphatic carbocycles. The van der Waals surface area contributed by atoms with Crippen molar-refractivity contribution >= 4 is 35.0 Å². The number of phenolic OH excluding ortho intramolecular Hbond substituents is 1. The number of nitrogens with zero attached hydrogens (tertiary/aromatic N) is 4. The Labute approximate surface area is 189 Å². The number of aromatic hydroxyl groups is 1. The number of likely N-dealkylation sites (tertiary alicyclic amines) is 1. The molecule has 1 saturated heterocycles. The van der Waals surface area contributed by atoms with Crippen LogP contribution in [0, 0.1) is 5.82 Å². The number of aromatic nitrogens is 3. The number of phenols is 1. The Morgan fingerprint density at radius 1 is 1.09 bits per heavy atom. The van der Waals surface area contributed by atoms with Crippen molar-refractivity contribution in [3.05, 3.63) is 62.2 Å². The van der Waals surface area contributed by atoms with Gasteiger partial charge in [0.2, 0.25) is 0 Å². The molecule has 2 aliphatic heterocycles. The van der Waals surface area contributed by atoms with E-state index in [0.717, 1.165) is 15.5 Å². The summed E-state index contributed by atoms with van der Waals surface area (Å²) in [5.41, 5.74) is -0.855.